The van der Waals surface area contributed by atoms with E-state index in [-0.39, 0.29) is 17.6 Å². The van der Waals surface area contributed by atoms with Crippen LogP contribution in [0.25, 0.3) is 10.8 Å². The highest BCUT2D eigenvalue weighted by Gasteiger charge is 2.57. The first-order valence-electron chi connectivity index (χ1n) is 15.6. The minimum atomic E-state index is -4.67. The van der Waals surface area contributed by atoms with Crippen molar-refractivity contribution in [1.82, 2.24) is 4.57 Å². The lowest BCUT2D eigenvalue weighted by Crippen LogP contribution is -2.33. The second-order valence-corrected chi connectivity index (χ2v) is 15.3. The molecule has 49 heavy (non-hydrogen) atoms. The Morgan fingerprint density at radius 1 is 0.837 bits per heavy atom. The highest BCUT2D eigenvalue weighted by Crippen LogP contribution is 2.54. The van der Waals surface area contributed by atoms with E-state index < -0.39 is 51.4 Å². The molecule has 1 saturated heterocycles. The summed E-state index contributed by atoms with van der Waals surface area (Å²) in [5.41, 5.74) is 0.987. The predicted molar refractivity (Wildman–Crippen MR) is 185 cm³/mol. The van der Waals surface area contributed by atoms with Crippen LogP contribution in [0.4, 0.5) is 24.5 Å². The number of imide groups is 1. The van der Waals surface area contributed by atoms with Crippen LogP contribution in [0, 0.1) is 5.92 Å². The van der Waals surface area contributed by atoms with Crippen LogP contribution in [0.5, 0.6) is 0 Å². The van der Waals surface area contributed by atoms with E-state index >= 15 is 0 Å². The van der Waals surface area contributed by atoms with Gasteiger partial charge in [-0.15, -0.1) is 0 Å². The van der Waals surface area contributed by atoms with Gasteiger partial charge >= 0.3 is 11.0 Å². The second kappa shape index (κ2) is 12.0. The number of anilines is 2. The Bertz CT molecular complexity index is 2200. The number of rotatable bonds is 5. The van der Waals surface area contributed by atoms with Crippen molar-refractivity contribution < 1.29 is 27.6 Å². The zero-order valence-corrected chi connectivity index (χ0v) is 28.2. The molecule has 0 aliphatic carbocycles. The van der Waals surface area contributed by atoms with Gasteiger partial charge in [-0.3, -0.25) is 23.7 Å². The number of thiazole rings is 1. The van der Waals surface area contributed by atoms with Gasteiger partial charge in [-0.2, -0.15) is 13.2 Å². The lowest BCUT2D eigenvalue weighted by Gasteiger charge is -2.31. The molecule has 0 saturated carbocycles. The lowest BCUT2D eigenvalue weighted by molar-refractivity contribution is -0.137. The van der Waals surface area contributed by atoms with Crippen molar-refractivity contribution in [2.45, 2.75) is 55.1 Å². The fourth-order valence-electron chi connectivity index (χ4n) is 6.55. The molecule has 4 aromatic carbocycles. The Balaban J connectivity index is 1.29. The number of fused-ring (bicyclic) bond motifs is 3. The fourth-order valence-corrected chi connectivity index (χ4v) is 9.32. The number of benzene rings is 4. The molecular weight excluding hydrogens is 672 g/mol. The number of carbonyl (C=O) groups excluding carboxylic acids is 3. The lowest BCUT2D eigenvalue weighted by atomic mass is 9.81. The van der Waals surface area contributed by atoms with Gasteiger partial charge in [0.2, 0.25) is 17.7 Å². The summed E-state index contributed by atoms with van der Waals surface area (Å²) in [6.45, 7) is 5.85. The Kier molecular flexibility index (Phi) is 8.06. The standard InChI is InChI=1S/C37H30F3N3O4S2/c1-36(2,3)22-16-14-21(15-17-22)28-29-30(33(46)43(32(29)45)24-11-7-10-23(18-24)37(38,39)40)48-34-31(28)49-35(47)42(34)19-27(44)41-26-13-6-9-20-8-4-5-12-25(20)26/h4-18,28-30H,19H2,1-3H3,(H,41,44)/t28-,29-,30+/m0/s1. The molecule has 1 N–H and O–H groups in total. The van der Waals surface area contributed by atoms with Gasteiger partial charge in [0.1, 0.15) is 11.8 Å². The first kappa shape index (κ1) is 32.8. The molecule has 2 aliphatic heterocycles. The minimum absolute atomic E-state index is 0.167. The number of carbonyl (C=O) groups is 3. The number of hydrogen-bond acceptors (Lipinski definition) is 6. The van der Waals surface area contributed by atoms with Crippen LogP contribution in [-0.2, 0) is 32.5 Å². The van der Waals surface area contributed by atoms with E-state index in [1.165, 1.54) is 16.7 Å². The molecule has 3 heterocycles. The third-order valence-corrected chi connectivity index (χ3v) is 11.6. The summed E-state index contributed by atoms with van der Waals surface area (Å²) in [5, 5.41) is 4.02. The Hall–Kier alpha value is -4.68. The van der Waals surface area contributed by atoms with Gasteiger partial charge in [0.25, 0.3) is 0 Å². The Morgan fingerprint density at radius 3 is 2.24 bits per heavy atom. The molecule has 0 bridgehead atoms. The van der Waals surface area contributed by atoms with Gasteiger partial charge in [-0.05, 0) is 46.2 Å². The molecule has 7 nitrogen and oxygen atoms in total. The maximum Gasteiger partial charge on any atom is 0.416 e. The normalized spacial score (nSPS) is 19.2. The number of nitrogens with one attached hydrogen (secondary N) is 1. The molecule has 3 atom stereocenters. The van der Waals surface area contributed by atoms with Crippen LogP contribution in [-0.4, -0.2) is 27.5 Å². The van der Waals surface area contributed by atoms with Crippen molar-refractivity contribution in [2.24, 2.45) is 5.92 Å². The number of aromatic nitrogens is 1. The van der Waals surface area contributed by atoms with Gasteiger partial charge in [0.05, 0.1) is 22.2 Å². The van der Waals surface area contributed by atoms with Crippen LogP contribution in [0.15, 0.2) is 101 Å². The van der Waals surface area contributed by atoms with Gasteiger partial charge in [-0.25, -0.2) is 4.90 Å². The monoisotopic (exact) mass is 701 g/mol. The molecule has 5 aromatic rings. The molecule has 250 valence electrons. The maximum atomic E-state index is 14.2. The summed E-state index contributed by atoms with van der Waals surface area (Å²) in [5.74, 6) is -3.50. The fraction of sp³-hybridized carbons (Fsp3) is 0.243. The van der Waals surface area contributed by atoms with Crippen molar-refractivity contribution in [1.29, 1.82) is 0 Å². The largest absolute Gasteiger partial charge is 0.416 e. The maximum absolute atomic E-state index is 14.2. The van der Waals surface area contributed by atoms with Gasteiger partial charge in [0.15, 0.2) is 0 Å². The predicted octanol–water partition coefficient (Wildman–Crippen LogP) is 7.81. The zero-order valence-electron chi connectivity index (χ0n) is 26.6. The van der Waals surface area contributed by atoms with E-state index in [1.54, 1.807) is 6.07 Å². The van der Waals surface area contributed by atoms with E-state index in [9.17, 15) is 32.3 Å². The smallest absolute Gasteiger partial charge is 0.324 e. The molecular formula is C37H30F3N3O4S2. The molecule has 7 rings (SSSR count). The minimum Gasteiger partial charge on any atom is -0.324 e. The first-order valence-corrected chi connectivity index (χ1v) is 17.3. The van der Waals surface area contributed by atoms with Crippen molar-refractivity contribution in [2.75, 3.05) is 10.2 Å². The second-order valence-electron chi connectivity index (χ2n) is 13.2. The molecule has 1 fully saturated rings. The van der Waals surface area contributed by atoms with Crippen LogP contribution in [0.2, 0.25) is 0 Å². The van der Waals surface area contributed by atoms with E-state index in [4.69, 9.17) is 0 Å². The third-order valence-electron chi connectivity index (χ3n) is 8.98. The number of nitrogens with zero attached hydrogens (tertiary/aromatic N) is 2. The average molecular weight is 702 g/mol. The highest BCUT2D eigenvalue weighted by atomic mass is 32.2. The molecule has 2 aliphatic rings. The summed E-state index contributed by atoms with van der Waals surface area (Å²) in [4.78, 5) is 56.2. The summed E-state index contributed by atoms with van der Waals surface area (Å²) in [6.07, 6.45) is -4.67. The van der Waals surface area contributed by atoms with Gasteiger partial charge in [-0.1, -0.05) is 111 Å². The van der Waals surface area contributed by atoms with Crippen molar-refractivity contribution in [3.05, 3.63) is 122 Å². The number of amides is 3. The average Bonchev–Trinajstić information content (AvgIpc) is 3.50. The summed E-state index contributed by atoms with van der Waals surface area (Å²) in [6, 6.07) is 24.9. The molecule has 12 heteroatoms. The van der Waals surface area contributed by atoms with Crippen molar-refractivity contribution in [3.8, 4) is 0 Å². The number of halogens is 3. The van der Waals surface area contributed by atoms with Gasteiger partial charge < -0.3 is 5.32 Å². The molecule has 0 radical (unpaired) electrons. The van der Waals surface area contributed by atoms with E-state index in [1.807, 2.05) is 60.7 Å². The van der Waals surface area contributed by atoms with Crippen molar-refractivity contribution in [3.63, 3.8) is 0 Å². The summed E-state index contributed by atoms with van der Waals surface area (Å²) >= 11 is 1.92. The van der Waals surface area contributed by atoms with E-state index in [0.29, 0.717) is 21.2 Å². The summed E-state index contributed by atoms with van der Waals surface area (Å²) < 4.78 is 42.2. The zero-order chi connectivity index (χ0) is 34.8. The van der Waals surface area contributed by atoms with E-state index in [0.717, 1.165) is 56.5 Å². The number of alkyl halides is 3. The summed E-state index contributed by atoms with van der Waals surface area (Å²) in [7, 11) is 0. The highest BCUT2D eigenvalue weighted by molar-refractivity contribution is 8.00. The molecule has 0 spiro atoms. The van der Waals surface area contributed by atoms with Crippen molar-refractivity contribution >= 4 is 63.0 Å². The van der Waals surface area contributed by atoms with Crippen LogP contribution in [0.3, 0.4) is 0 Å². The molecule has 1 aromatic heterocycles. The Morgan fingerprint density at radius 2 is 1.53 bits per heavy atom. The van der Waals surface area contributed by atoms with Gasteiger partial charge in [0, 0.05) is 21.9 Å². The quantitative estimate of drug-likeness (QED) is 0.189. The van der Waals surface area contributed by atoms with Crippen LogP contribution in [0.1, 0.15) is 48.3 Å². The molecule has 3 amide bonds. The Labute approximate surface area is 287 Å². The molecule has 0 unspecified atom stereocenters. The number of thioether (sulfide) groups is 1. The van der Waals surface area contributed by atoms with E-state index in [2.05, 4.69) is 26.1 Å². The van der Waals surface area contributed by atoms with Crippen LogP contribution < -0.4 is 15.1 Å². The topological polar surface area (TPSA) is 88.5 Å². The SMILES string of the molecule is CC(C)(C)c1ccc([C@@H]2c3sc(=O)n(CC(=O)Nc4cccc5ccccc45)c3S[C@H]3C(=O)N(c4cccc(C(F)(F)F)c4)C(=O)[C@@H]23)cc1. The first-order chi connectivity index (χ1) is 23.2. The number of hydrogen-bond donors (Lipinski definition) is 1. The van der Waals surface area contributed by atoms with Crippen LogP contribution >= 0.6 is 23.1 Å². The third kappa shape index (κ3) is 5.86.